The van der Waals surface area contributed by atoms with Crippen LogP contribution in [0.25, 0.3) is 0 Å². The van der Waals surface area contributed by atoms with Crippen LogP contribution in [0.1, 0.15) is 12.0 Å². The van der Waals surface area contributed by atoms with Gasteiger partial charge in [-0.2, -0.15) is 4.41 Å². The van der Waals surface area contributed by atoms with E-state index in [-0.39, 0.29) is 17.9 Å². The van der Waals surface area contributed by atoms with Crippen molar-refractivity contribution < 1.29 is 14.3 Å². The van der Waals surface area contributed by atoms with Crippen LogP contribution < -0.4 is 5.43 Å². The number of β-lactam (4-membered cyclic amide) rings is 1. The maximum atomic E-state index is 11.8. The first-order chi connectivity index (χ1) is 11.1. The summed E-state index contributed by atoms with van der Waals surface area (Å²) >= 11 is 1.33. The number of carbonyl (C=O) groups excluding carboxylic acids is 2. The Morgan fingerprint density at radius 1 is 1.39 bits per heavy atom. The number of hydrogen-bond donors (Lipinski definition) is 1. The molecule has 1 N–H and O–H groups in total. The Morgan fingerprint density at radius 2 is 2.17 bits per heavy atom. The summed E-state index contributed by atoms with van der Waals surface area (Å²) in [4.78, 5) is 23.4. The number of nitrogens with one attached hydrogen (secondary N) is 1. The Labute approximate surface area is 137 Å². The largest absolute Gasteiger partial charge is 0.443 e. The highest BCUT2D eigenvalue weighted by atomic mass is 32.2. The van der Waals surface area contributed by atoms with Crippen LogP contribution in [-0.4, -0.2) is 45.5 Å². The van der Waals surface area contributed by atoms with Crippen LogP contribution in [0, 0.1) is 0 Å². The van der Waals surface area contributed by atoms with Crippen LogP contribution in [0.5, 0.6) is 0 Å². The first-order valence-electron chi connectivity index (χ1n) is 6.98. The van der Waals surface area contributed by atoms with Gasteiger partial charge in [0.05, 0.1) is 6.42 Å². The van der Waals surface area contributed by atoms with Gasteiger partial charge in [0.15, 0.2) is 0 Å². The number of ether oxygens (including phenoxy) is 1. The predicted octanol–water partition coefficient (Wildman–Crippen LogP) is 1.52. The van der Waals surface area contributed by atoms with Gasteiger partial charge in [-0.3, -0.25) is 9.80 Å². The minimum atomic E-state index is -0.660. The minimum Gasteiger partial charge on any atom is -0.443 e. The predicted molar refractivity (Wildman–Crippen MR) is 81.9 cm³/mol. The summed E-state index contributed by atoms with van der Waals surface area (Å²) in [5, 5.41) is 10.5. The van der Waals surface area contributed by atoms with Crippen LogP contribution in [-0.2, 0) is 16.1 Å². The molecule has 2 amide bonds. The molecule has 1 atom stereocenters. The van der Waals surface area contributed by atoms with Crippen molar-refractivity contribution >= 4 is 23.9 Å². The Balaban J connectivity index is 1.45. The molecule has 1 unspecified atom stereocenters. The smallest absolute Gasteiger partial charge is 0.426 e. The first-order valence-corrected chi connectivity index (χ1v) is 7.82. The summed E-state index contributed by atoms with van der Waals surface area (Å²) < 4.78 is 6.76. The molecule has 1 aromatic carbocycles. The normalized spacial score (nSPS) is 19.8. The van der Waals surface area contributed by atoms with Crippen molar-refractivity contribution in [3.63, 3.8) is 0 Å². The molecule has 2 aliphatic heterocycles. The fraction of sp³-hybridized carbons (Fsp3) is 0.385. The fourth-order valence-corrected chi connectivity index (χ4v) is 3.07. The lowest BCUT2D eigenvalue weighted by Gasteiger charge is -2.39. The lowest BCUT2D eigenvalue weighted by molar-refractivity contribution is -0.145. The monoisotopic (exact) mass is 336 g/mol. The zero-order valence-corrected chi connectivity index (χ0v) is 13.3. The zero-order valence-electron chi connectivity index (χ0n) is 12.5. The summed E-state index contributed by atoms with van der Waals surface area (Å²) in [5.74, 6) is -0.163. The zero-order chi connectivity index (χ0) is 16.2. The molecular weight excluding hydrogens is 320 g/mol. The topological polar surface area (TPSA) is 89.8 Å². The number of hydrazine groups is 1. The third-order valence-electron chi connectivity index (χ3n) is 3.19. The van der Waals surface area contributed by atoms with E-state index < -0.39 is 6.09 Å². The third-order valence-corrected chi connectivity index (χ3v) is 4.24. The molecule has 0 spiro atoms. The molecule has 2 aliphatic rings. The summed E-state index contributed by atoms with van der Waals surface area (Å²) in [5.41, 5.74) is 3.34. The summed E-state index contributed by atoms with van der Waals surface area (Å²) in [6, 6.07) is 9.33. The summed E-state index contributed by atoms with van der Waals surface area (Å²) in [6.45, 7) is 0.680. The van der Waals surface area contributed by atoms with E-state index in [0.717, 1.165) is 5.56 Å². The molecule has 0 radical (unpaired) electrons. The van der Waals surface area contributed by atoms with Gasteiger partial charge in [-0.05, 0) is 10.8 Å². The Bertz CT molecular complexity index is 613. The van der Waals surface area contributed by atoms with E-state index in [2.05, 4.69) is 15.9 Å². The Morgan fingerprint density at radius 3 is 2.83 bits per heavy atom. The first kappa shape index (κ1) is 15.4. The highest BCUT2D eigenvalue weighted by molar-refractivity contribution is 7.97. The van der Waals surface area contributed by atoms with E-state index in [1.807, 2.05) is 30.3 Å². The van der Waals surface area contributed by atoms with Gasteiger partial charge in [0.25, 0.3) is 0 Å². The van der Waals surface area contributed by atoms with Crippen molar-refractivity contribution in [1.82, 2.24) is 19.9 Å². The quantitative estimate of drug-likeness (QED) is 0.648. The molecule has 9 nitrogen and oxygen atoms in total. The van der Waals surface area contributed by atoms with Gasteiger partial charge < -0.3 is 4.74 Å². The van der Waals surface area contributed by atoms with Crippen molar-refractivity contribution in [2.75, 3.05) is 13.7 Å². The van der Waals surface area contributed by atoms with Gasteiger partial charge in [0.2, 0.25) is 5.91 Å². The standard InChI is InChI=1S/C13H16N6O3S/c1-17-9-18(16-15-17)23-12-7-11(20)19(12)14-13(21)22-8-10-5-3-2-4-6-10/h2-6,12H,7-9H2,1H3,(H,14,21). The van der Waals surface area contributed by atoms with E-state index in [0.29, 0.717) is 13.1 Å². The number of benzene rings is 1. The summed E-state index contributed by atoms with van der Waals surface area (Å²) in [7, 11) is 1.80. The van der Waals surface area contributed by atoms with E-state index in [1.54, 1.807) is 16.5 Å². The number of rotatable bonds is 5. The SMILES string of the molecule is CN1CN(SC2CC(=O)N2NC(=O)OCc2ccccc2)N=N1. The molecule has 10 heteroatoms. The van der Waals surface area contributed by atoms with Crippen molar-refractivity contribution in [3.8, 4) is 0 Å². The van der Waals surface area contributed by atoms with E-state index in [9.17, 15) is 9.59 Å². The molecule has 1 fully saturated rings. The van der Waals surface area contributed by atoms with Gasteiger partial charge in [-0.1, -0.05) is 35.6 Å². The van der Waals surface area contributed by atoms with Crippen molar-refractivity contribution in [2.24, 2.45) is 10.4 Å². The highest BCUT2D eigenvalue weighted by Gasteiger charge is 2.40. The van der Waals surface area contributed by atoms with Gasteiger partial charge in [0.1, 0.15) is 18.6 Å². The molecule has 23 heavy (non-hydrogen) atoms. The fourth-order valence-electron chi connectivity index (χ4n) is 2.00. The highest BCUT2D eigenvalue weighted by Crippen LogP contribution is 2.32. The number of nitrogens with zero attached hydrogens (tertiary/aromatic N) is 5. The Hall–Kier alpha value is -2.49. The van der Waals surface area contributed by atoms with Crippen molar-refractivity contribution in [3.05, 3.63) is 35.9 Å². The summed E-state index contributed by atoms with van der Waals surface area (Å²) in [6.07, 6.45) is -0.327. The van der Waals surface area contributed by atoms with Gasteiger partial charge >= 0.3 is 6.09 Å². The van der Waals surface area contributed by atoms with Crippen LogP contribution >= 0.6 is 11.9 Å². The number of carbonyl (C=O) groups is 2. The molecule has 0 saturated carbocycles. The van der Waals surface area contributed by atoms with Crippen molar-refractivity contribution in [2.45, 2.75) is 18.4 Å². The second-order valence-electron chi connectivity index (χ2n) is 5.03. The average Bonchev–Trinajstić information content (AvgIpc) is 2.96. The maximum absolute atomic E-state index is 11.8. The molecule has 0 aromatic heterocycles. The average molecular weight is 336 g/mol. The maximum Gasteiger partial charge on any atom is 0.426 e. The van der Waals surface area contributed by atoms with Crippen LogP contribution in [0.2, 0.25) is 0 Å². The van der Waals surface area contributed by atoms with Gasteiger partial charge in [-0.25, -0.2) is 15.2 Å². The van der Waals surface area contributed by atoms with Crippen LogP contribution in [0.4, 0.5) is 4.79 Å². The molecule has 3 rings (SSSR count). The molecule has 0 bridgehead atoms. The van der Waals surface area contributed by atoms with Crippen LogP contribution in [0.3, 0.4) is 0 Å². The van der Waals surface area contributed by atoms with E-state index in [4.69, 9.17) is 4.74 Å². The second kappa shape index (κ2) is 6.73. The number of amides is 2. The molecule has 2 heterocycles. The van der Waals surface area contributed by atoms with E-state index in [1.165, 1.54) is 17.0 Å². The Kier molecular flexibility index (Phi) is 4.51. The second-order valence-corrected chi connectivity index (χ2v) is 6.21. The van der Waals surface area contributed by atoms with E-state index >= 15 is 0 Å². The lowest BCUT2D eigenvalue weighted by Crippen LogP contribution is -2.60. The molecule has 1 aromatic rings. The third kappa shape index (κ3) is 3.83. The molecule has 122 valence electrons. The number of hydrogen-bond acceptors (Lipinski definition) is 8. The van der Waals surface area contributed by atoms with Gasteiger partial charge in [0, 0.05) is 19.0 Å². The van der Waals surface area contributed by atoms with Crippen LogP contribution in [0.15, 0.2) is 40.8 Å². The molecule has 0 aliphatic carbocycles. The molecular formula is C13H16N6O3S. The minimum absolute atomic E-state index is 0.150. The van der Waals surface area contributed by atoms with Gasteiger partial charge in [-0.15, -0.1) is 0 Å². The molecule has 1 saturated heterocycles. The lowest BCUT2D eigenvalue weighted by atomic mass is 10.2. The van der Waals surface area contributed by atoms with Crippen molar-refractivity contribution in [1.29, 1.82) is 0 Å².